The summed E-state index contributed by atoms with van der Waals surface area (Å²) in [5.41, 5.74) is 5.19. The molecule has 1 amide bonds. The Hall–Kier alpha value is -1.82. The zero-order valence-corrected chi connectivity index (χ0v) is 11.8. The molecule has 2 N–H and O–H groups in total. The zero-order valence-electron chi connectivity index (χ0n) is 11.0. The third-order valence-corrected chi connectivity index (χ3v) is 2.85. The highest BCUT2D eigenvalue weighted by molar-refractivity contribution is 6.34. The second-order valence-electron chi connectivity index (χ2n) is 4.73. The number of hydrogen-bond donors (Lipinski definition) is 1. The number of rotatable bonds is 4. The zero-order chi connectivity index (χ0) is 14.7. The fourth-order valence-electron chi connectivity index (χ4n) is 1.73. The lowest BCUT2D eigenvalue weighted by molar-refractivity contribution is -0.383. The first-order valence-corrected chi connectivity index (χ1v) is 6.10. The molecule has 0 unspecified atom stereocenters. The maximum atomic E-state index is 12.1. The number of benzene rings is 1. The topological polar surface area (TPSA) is 89.5 Å². The van der Waals surface area contributed by atoms with Crippen molar-refractivity contribution in [1.29, 1.82) is 0 Å². The van der Waals surface area contributed by atoms with Gasteiger partial charge in [-0.3, -0.25) is 14.9 Å². The summed E-state index contributed by atoms with van der Waals surface area (Å²) in [4.78, 5) is 23.8. The van der Waals surface area contributed by atoms with E-state index >= 15 is 0 Å². The molecule has 0 aliphatic carbocycles. The van der Waals surface area contributed by atoms with Crippen LogP contribution < -0.4 is 5.73 Å². The van der Waals surface area contributed by atoms with Gasteiger partial charge in [0.05, 0.1) is 9.95 Å². The fourth-order valence-corrected chi connectivity index (χ4v) is 1.94. The summed E-state index contributed by atoms with van der Waals surface area (Å²) in [7, 11) is 1.64. The molecule has 0 radical (unpaired) electrons. The standard InChI is InChI=1S/C12H16ClN3O3/c1-7(2)6-15(3)12(17)8-4-9(13)11(14)10(5-8)16(18)19/h4-5,7H,6,14H2,1-3H3. The predicted octanol–water partition coefficient (Wildman–Crippen LogP) is 2.56. The number of nitrogens with zero attached hydrogens (tertiary/aromatic N) is 2. The van der Waals surface area contributed by atoms with Crippen molar-refractivity contribution >= 4 is 28.9 Å². The van der Waals surface area contributed by atoms with E-state index in [-0.39, 0.29) is 27.9 Å². The Morgan fingerprint density at radius 3 is 2.58 bits per heavy atom. The van der Waals surface area contributed by atoms with Gasteiger partial charge in [-0.05, 0) is 12.0 Å². The van der Waals surface area contributed by atoms with Crippen LogP contribution in [0.1, 0.15) is 24.2 Å². The number of amides is 1. The van der Waals surface area contributed by atoms with Gasteiger partial charge >= 0.3 is 0 Å². The summed E-state index contributed by atoms with van der Waals surface area (Å²) in [5, 5.41) is 10.8. The van der Waals surface area contributed by atoms with E-state index in [1.54, 1.807) is 7.05 Å². The van der Waals surface area contributed by atoms with Crippen LogP contribution >= 0.6 is 11.6 Å². The number of nitrogens with two attached hydrogens (primary N) is 1. The van der Waals surface area contributed by atoms with E-state index in [2.05, 4.69) is 0 Å². The molecule has 0 saturated heterocycles. The molecule has 0 heterocycles. The van der Waals surface area contributed by atoms with Gasteiger partial charge in [0.2, 0.25) is 0 Å². The number of carbonyl (C=O) groups excluding carboxylic acids is 1. The monoisotopic (exact) mass is 285 g/mol. The number of nitrogen functional groups attached to an aromatic ring is 1. The van der Waals surface area contributed by atoms with E-state index in [1.165, 1.54) is 11.0 Å². The molecule has 0 aromatic heterocycles. The average molecular weight is 286 g/mol. The molecule has 0 spiro atoms. The first-order chi connectivity index (χ1) is 8.73. The number of carbonyl (C=O) groups is 1. The lowest BCUT2D eigenvalue weighted by atomic mass is 10.1. The molecule has 7 heteroatoms. The molecule has 0 atom stereocenters. The molecular weight excluding hydrogens is 270 g/mol. The number of anilines is 1. The highest BCUT2D eigenvalue weighted by atomic mass is 35.5. The van der Waals surface area contributed by atoms with E-state index < -0.39 is 4.92 Å². The van der Waals surface area contributed by atoms with Crippen molar-refractivity contribution in [1.82, 2.24) is 4.90 Å². The maximum Gasteiger partial charge on any atom is 0.294 e. The Morgan fingerprint density at radius 2 is 2.11 bits per heavy atom. The fraction of sp³-hybridized carbons (Fsp3) is 0.417. The van der Waals surface area contributed by atoms with Crippen LogP contribution in [0.25, 0.3) is 0 Å². The van der Waals surface area contributed by atoms with Crippen molar-refractivity contribution in [2.45, 2.75) is 13.8 Å². The van der Waals surface area contributed by atoms with Crippen molar-refractivity contribution in [2.75, 3.05) is 19.3 Å². The third kappa shape index (κ3) is 3.57. The Morgan fingerprint density at radius 1 is 1.53 bits per heavy atom. The van der Waals surface area contributed by atoms with Gasteiger partial charge in [-0.15, -0.1) is 0 Å². The largest absolute Gasteiger partial charge is 0.392 e. The molecule has 1 aromatic rings. The lowest BCUT2D eigenvalue weighted by Crippen LogP contribution is -2.30. The van der Waals surface area contributed by atoms with E-state index in [9.17, 15) is 14.9 Å². The van der Waals surface area contributed by atoms with Gasteiger partial charge in [0.15, 0.2) is 0 Å². The number of nitro groups is 1. The molecule has 19 heavy (non-hydrogen) atoms. The summed E-state index contributed by atoms with van der Waals surface area (Å²) in [5.74, 6) is -0.0214. The lowest BCUT2D eigenvalue weighted by Gasteiger charge is -2.19. The molecular formula is C12H16ClN3O3. The minimum atomic E-state index is -0.652. The van der Waals surface area contributed by atoms with Crippen LogP contribution in [0.15, 0.2) is 12.1 Å². The number of nitro benzene ring substituents is 1. The summed E-state index contributed by atoms with van der Waals surface area (Å²) in [6.07, 6.45) is 0. The van der Waals surface area contributed by atoms with Crippen molar-refractivity contribution < 1.29 is 9.72 Å². The highest BCUT2D eigenvalue weighted by Gasteiger charge is 2.21. The summed E-state index contributed by atoms with van der Waals surface area (Å²) in [6, 6.07) is 2.50. The summed E-state index contributed by atoms with van der Waals surface area (Å²) < 4.78 is 0. The van der Waals surface area contributed by atoms with Crippen LogP contribution in [0.5, 0.6) is 0 Å². The Bertz CT molecular complexity index is 517. The first kappa shape index (κ1) is 15.2. The molecule has 1 aromatic carbocycles. The van der Waals surface area contributed by atoms with E-state index in [4.69, 9.17) is 17.3 Å². The SMILES string of the molecule is CC(C)CN(C)C(=O)c1cc(Cl)c(N)c([N+](=O)[O-])c1. The normalized spacial score (nSPS) is 10.6. The molecule has 0 saturated carbocycles. The van der Waals surface area contributed by atoms with E-state index in [0.717, 1.165) is 6.07 Å². The highest BCUT2D eigenvalue weighted by Crippen LogP contribution is 2.31. The molecule has 0 aliphatic heterocycles. The van der Waals surface area contributed by atoms with Gasteiger partial charge in [-0.25, -0.2) is 0 Å². The molecule has 0 bridgehead atoms. The Kier molecular flexibility index (Phi) is 4.72. The van der Waals surface area contributed by atoms with E-state index in [0.29, 0.717) is 12.5 Å². The van der Waals surface area contributed by atoms with Gasteiger partial charge in [-0.2, -0.15) is 0 Å². The van der Waals surface area contributed by atoms with Crippen molar-refractivity contribution in [3.63, 3.8) is 0 Å². The second kappa shape index (κ2) is 5.88. The minimum Gasteiger partial charge on any atom is -0.392 e. The number of hydrogen-bond acceptors (Lipinski definition) is 4. The van der Waals surface area contributed by atoms with Crippen LogP contribution in [0.2, 0.25) is 5.02 Å². The minimum absolute atomic E-state index is 0.00972. The Balaban J connectivity index is 3.14. The van der Waals surface area contributed by atoms with Crippen molar-refractivity contribution in [2.24, 2.45) is 5.92 Å². The molecule has 104 valence electrons. The molecule has 0 fully saturated rings. The maximum absolute atomic E-state index is 12.1. The van der Waals surface area contributed by atoms with Gasteiger partial charge in [0, 0.05) is 25.2 Å². The predicted molar refractivity (Wildman–Crippen MR) is 74.3 cm³/mol. The molecule has 0 aliphatic rings. The van der Waals surface area contributed by atoms with Crippen LogP contribution in [-0.2, 0) is 0 Å². The summed E-state index contributed by atoms with van der Waals surface area (Å²) >= 11 is 5.82. The van der Waals surface area contributed by atoms with Crippen molar-refractivity contribution in [3.8, 4) is 0 Å². The van der Waals surface area contributed by atoms with Gasteiger partial charge in [-0.1, -0.05) is 25.4 Å². The van der Waals surface area contributed by atoms with Gasteiger partial charge in [0.25, 0.3) is 11.6 Å². The van der Waals surface area contributed by atoms with Crippen LogP contribution in [0.3, 0.4) is 0 Å². The second-order valence-corrected chi connectivity index (χ2v) is 5.13. The van der Waals surface area contributed by atoms with Crippen molar-refractivity contribution in [3.05, 3.63) is 32.8 Å². The first-order valence-electron chi connectivity index (χ1n) is 5.73. The molecule has 1 rings (SSSR count). The molecule has 6 nitrogen and oxygen atoms in total. The Labute approximate surface area is 116 Å². The van der Waals surface area contributed by atoms with Gasteiger partial charge in [0.1, 0.15) is 5.69 Å². The third-order valence-electron chi connectivity index (χ3n) is 2.54. The average Bonchev–Trinajstić information content (AvgIpc) is 2.30. The number of halogens is 1. The van der Waals surface area contributed by atoms with Crippen LogP contribution in [0, 0.1) is 16.0 Å². The van der Waals surface area contributed by atoms with E-state index in [1.807, 2.05) is 13.8 Å². The van der Waals surface area contributed by atoms with Gasteiger partial charge < -0.3 is 10.6 Å². The smallest absolute Gasteiger partial charge is 0.294 e. The van der Waals surface area contributed by atoms with Crippen LogP contribution in [0.4, 0.5) is 11.4 Å². The summed E-state index contributed by atoms with van der Waals surface area (Å²) in [6.45, 7) is 4.50. The van der Waals surface area contributed by atoms with Crippen LogP contribution in [-0.4, -0.2) is 29.3 Å². The quantitative estimate of drug-likeness (QED) is 0.523.